The Labute approximate surface area is 110 Å². The predicted octanol–water partition coefficient (Wildman–Crippen LogP) is 0.0223. The van der Waals surface area contributed by atoms with Crippen LogP contribution in [0.4, 0.5) is 0 Å². The van der Waals surface area contributed by atoms with E-state index in [9.17, 15) is 9.59 Å². The molecule has 1 atom stereocenters. The van der Waals surface area contributed by atoms with Crippen LogP contribution in [0, 0.1) is 6.92 Å². The normalized spacial score (nSPS) is 12.7. The van der Waals surface area contributed by atoms with Gasteiger partial charge in [0.05, 0.1) is 6.04 Å². The molecule has 18 heavy (non-hydrogen) atoms. The van der Waals surface area contributed by atoms with E-state index in [-0.39, 0.29) is 11.6 Å². The second-order valence-electron chi connectivity index (χ2n) is 4.28. The summed E-state index contributed by atoms with van der Waals surface area (Å²) in [5.41, 5.74) is 5.75. The highest BCUT2D eigenvalue weighted by Gasteiger charge is 2.16. The Balaban J connectivity index is 2.66. The Hall–Kier alpha value is -1.34. The van der Waals surface area contributed by atoms with Crippen molar-refractivity contribution in [1.29, 1.82) is 0 Å². The largest absolute Gasteiger partial charge is 0.368 e. The Bertz CT molecular complexity index is 472. The van der Waals surface area contributed by atoms with Crippen LogP contribution in [-0.4, -0.2) is 33.7 Å². The summed E-state index contributed by atoms with van der Waals surface area (Å²) in [6.45, 7) is 5.62. The SMILES string of the molecule is Cc1cc(=O)[nH]c(SCC(NC(C)C)C(N)=O)n1. The first-order chi connectivity index (χ1) is 8.38. The van der Waals surface area contributed by atoms with E-state index < -0.39 is 11.9 Å². The van der Waals surface area contributed by atoms with Crippen molar-refractivity contribution in [3.8, 4) is 0 Å². The molecule has 1 amide bonds. The van der Waals surface area contributed by atoms with Crippen molar-refractivity contribution in [1.82, 2.24) is 15.3 Å². The van der Waals surface area contributed by atoms with Gasteiger partial charge in [0.1, 0.15) is 0 Å². The van der Waals surface area contributed by atoms with Gasteiger partial charge in [0.15, 0.2) is 5.16 Å². The molecule has 4 N–H and O–H groups in total. The van der Waals surface area contributed by atoms with E-state index in [1.165, 1.54) is 17.8 Å². The number of amides is 1. The summed E-state index contributed by atoms with van der Waals surface area (Å²) >= 11 is 1.30. The van der Waals surface area contributed by atoms with Gasteiger partial charge in [-0.15, -0.1) is 0 Å². The standard InChI is InChI=1S/C11H18N4O2S/c1-6(2)13-8(10(12)17)5-18-11-14-7(3)4-9(16)15-11/h4,6,8,13H,5H2,1-3H3,(H2,12,17)(H,14,15,16). The van der Waals surface area contributed by atoms with Crippen molar-refractivity contribution in [2.24, 2.45) is 5.73 Å². The van der Waals surface area contributed by atoms with E-state index >= 15 is 0 Å². The monoisotopic (exact) mass is 270 g/mol. The first kappa shape index (κ1) is 14.7. The lowest BCUT2D eigenvalue weighted by molar-refractivity contribution is -0.119. The quantitative estimate of drug-likeness (QED) is 0.500. The van der Waals surface area contributed by atoms with Crippen LogP contribution in [0.1, 0.15) is 19.5 Å². The summed E-state index contributed by atoms with van der Waals surface area (Å²) < 4.78 is 0. The molecule has 0 spiro atoms. The molecule has 1 heterocycles. The maximum Gasteiger partial charge on any atom is 0.251 e. The highest BCUT2D eigenvalue weighted by Crippen LogP contribution is 2.12. The van der Waals surface area contributed by atoms with Crippen LogP contribution in [-0.2, 0) is 4.79 Å². The number of thioether (sulfide) groups is 1. The molecule has 1 aromatic heterocycles. The fourth-order valence-corrected chi connectivity index (χ4v) is 2.36. The van der Waals surface area contributed by atoms with E-state index in [0.717, 1.165) is 0 Å². The Morgan fingerprint density at radius 2 is 2.28 bits per heavy atom. The molecule has 0 aliphatic heterocycles. The Morgan fingerprint density at radius 3 is 2.78 bits per heavy atom. The zero-order valence-corrected chi connectivity index (χ0v) is 11.5. The van der Waals surface area contributed by atoms with Crippen LogP contribution >= 0.6 is 11.8 Å². The van der Waals surface area contributed by atoms with Crippen LogP contribution in [0.3, 0.4) is 0 Å². The minimum Gasteiger partial charge on any atom is -0.368 e. The first-order valence-corrected chi connectivity index (χ1v) is 6.63. The lowest BCUT2D eigenvalue weighted by atomic mass is 10.3. The molecule has 0 fully saturated rings. The molecule has 0 radical (unpaired) electrons. The average Bonchev–Trinajstić information content (AvgIpc) is 2.21. The molecular formula is C11H18N4O2S. The fourth-order valence-electron chi connectivity index (χ4n) is 1.40. The average molecular weight is 270 g/mol. The number of aromatic nitrogens is 2. The van der Waals surface area contributed by atoms with Gasteiger partial charge >= 0.3 is 0 Å². The van der Waals surface area contributed by atoms with Gasteiger partial charge in [-0.25, -0.2) is 4.98 Å². The van der Waals surface area contributed by atoms with Crippen molar-refractivity contribution >= 4 is 17.7 Å². The van der Waals surface area contributed by atoms with Crippen LogP contribution in [0.25, 0.3) is 0 Å². The molecule has 0 aliphatic carbocycles. The van der Waals surface area contributed by atoms with Crippen LogP contribution < -0.4 is 16.6 Å². The van der Waals surface area contributed by atoms with Crippen molar-refractivity contribution in [3.63, 3.8) is 0 Å². The molecule has 1 aromatic rings. The molecule has 0 aromatic carbocycles. The summed E-state index contributed by atoms with van der Waals surface area (Å²) in [7, 11) is 0. The molecule has 6 nitrogen and oxygen atoms in total. The van der Waals surface area contributed by atoms with Crippen LogP contribution in [0.15, 0.2) is 16.0 Å². The second kappa shape index (κ2) is 6.55. The topological polar surface area (TPSA) is 101 Å². The Morgan fingerprint density at radius 1 is 1.61 bits per heavy atom. The third-order valence-corrected chi connectivity index (χ3v) is 3.08. The summed E-state index contributed by atoms with van der Waals surface area (Å²) in [4.78, 5) is 29.3. The minimum absolute atomic E-state index is 0.160. The number of rotatable bonds is 6. The number of nitrogens with one attached hydrogen (secondary N) is 2. The molecule has 0 saturated carbocycles. The van der Waals surface area contributed by atoms with E-state index in [0.29, 0.717) is 16.6 Å². The highest BCUT2D eigenvalue weighted by molar-refractivity contribution is 7.99. The third-order valence-electron chi connectivity index (χ3n) is 2.11. The number of carbonyl (C=O) groups excluding carboxylic acids is 1. The van der Waals surface area contributed by atoms with Gasteiger partial charge in [-0.3, -0.25) is 9.59 Å². The fraction of sp³-hybridized carbons (Fsp3) is 0.545. The van der Waals surface area contributed by atoms with Crippen molar-refractivity contribution in [2.75, 3.05) is 5.75 Å². The van der Waals surface area contributed by atoms with Gasteiger partial charge in [0.25, 0.3) is 5.56 Å². The molecule has 0 saturated heterocycles. The van der Waals surface area contributed by atoms with E-state index in [2.05, 4.69) is 15.3 Å². The number of nitrogens with two attached hydrogens (primary N) is 1. The molecule has 0 bridgehead atoms. The molecule has 7 heteroatoms. The van der Waals surface area contributed by atoms with Crippen molar-refractivity contribution in [3.05, 3.63) is 22.1 Å². The molecule has 1 rings (SSSR count). The summed E-state index contributed by atoms with van der Waals surface area (Å²) in [5, 5.41) is 3.56. The van der Waals surface area contributed by atoms with Gasteiger partial charge in [-0.2, -0.15) is 0 Å². The molecule has 1 unspecified atom stereocenters. The van der Waals surface area contributed by atoms with Gasteiger partial charge in [-0.05, 0) is 6.92 Å². The first-order valence-electron chi connectivity index (χ1n) is 5.64. The second-order valence-corrected chi connectivity index (χ2v) is 5.29. The van der Waals surface area contributed by atoms with Crippen LogP contribution in [0.2, 0.25) is 0 Å². The lowest BCUT2D eigenvalue weighted by Crippen LogP contribution is -2.46. The van der Waals surface area contributed by atoms with E-state index in [1.807, 2.05) is 13.8 Å². The number of carbonyl (C=O) groups is 1. The number of aryl methyl sites for hydroxylation is 1. The lowest BCUT2D eigenvalue weighted by Gasteiger charge is -2.17. The number of nitrogens with zero attached hydrogens (tertiary/aromatic N) is 1. The number of H-pyrrole nitrogens is 1. The maximum atomic E-state index is 11.3. The molecular weight excluding hydrogens is 252 g/mol. The number of hydrogen-bond acceptors (Lipinski definition) is 5. The third kappa shape index (κ3) is 4.89. The maximum absolute atomic E-state index is 11.3. The number of primary amides is 1. The number of hydrogen-bond donors (Lipinski definition) is 3. The summed E-state index contributed by atoms with van der Waals surface area (Å²) in [6, 6.07) is 1.13. The van der Waals surface area contributed by atoms with Gasteiger partial charge in [0, 0.05) is 23.6 Å². The van der Waals surface area contributed by atoms with Gasteiger partial charge in [-0.1, -0.05) is 25.6 Å². The predicted molar refractivity (Wildman–Crippen MR) is 71.6 cm³/mol. The minimum atomic E-state index is -0.444. The van der Waals surface area contributed by atoms with Gasteiger partial charge in [0.2, 0.25) is 5.91 Å². The zero-order valence-electron chi connectivity index (χ0n) is 10.7. The Kier molecular flexibility index (Phi) is 5.36. The smallest absolute Gasteiger partial charge is 0.251 e. The zero-order chi connectivity index (χ0) is 13.7. The molecule has 0 aliphatic rings. The van der Waals surface area contributed by atoms with E-state index in [4.69, 9.17) is 5.73 Å². The number of aromatic amines is 1. The van der Waals surface area contributed by atoms with Crippen molar-refractivity contribution < 1.29 is 4.79 Å². The highest BCUT2D eigenvalue weighted by atomic mass is 32.2. The van der Waals surface area contributed by atoms with Crippen LogP contribution in [0.5, 0.6) is 0 Å². The van der Waals surface area contributed by atoms with Crippen molar-refractivity contribution in [2.45, 2.75) is 38.0 Å². The van der Waals surface area contributed by atoms with E-state index in [1.54, 1.807) is 6.92 Å². The summed E-state index contributed by atoms with van der Waals surface area (Å²) in [6.07, 6.45) is 0. The molecule has 100 valence electrons. The summed E-state index contributed by atoms with van der Waals surface area (Å²) in [5.74, 6) is 0.0195. The van der Waals surface area contributed by atoms with Gasteiger partial charge < -0.3 is 16.0 Å².